The van der Waals surface area contributed by atoms with E-state index in [1.165, 1.54) is 11.5 Å². The van der Waals surface area contributed by atoms with Crippen molar-refractivity contribution in [3.8, 4) is 11.3 Å². The fourth-order valence-electron chi connectivity index (χ4n) is 2.04. The molecule has 2 N–H and O–H groups in total. The van der Waals surface area contributed by atoms with Gasteiger partial charge in [-0.2, -0.15) is 0 Å². The first kappa shape index (κ1) is 16.1. The van der Waals surface area contributed by atoms with Crippen molar-refractivity contribution in [1.82, 2.24) is 20.1 Å². The Labute approximate surface area is 143 Å². The van der Waals surface area contributed by atoms with Crippen molar-refractivity contribution in [3.05, 3.63) is 47.2 Å². The lowest BCUT2D eigenvalue weighted by molar-refractivity contribution is 0.250. The molecule has 0 spiro atoms. The summed E-state index contributed by atoms with van der Waals surface area (Å²) in [6.45, 7) is 4.36. The summed E-state index contributed by atoms with van der Waals surface area (Å²) in [6, 6.07) is 8.96. The fraction of sp³-hybridized carbons (Fsp3) is 0.250. The molecule has 0 radical (unpaired) electrons. The number of anilines is 1. The van der Waals surface area contributed by atoms with E-state index in [0.717, 1.165) is 17.0 Å². The van der Waals surface area contributed by atoms with Crippen LogP contribution in [0.5, 0.6) is 0 Å². The van der Waals surface area contributed by atoms with Gasteiger partial charge in [-0.3, -0.25) is 0 Å². The standard InChI is InChI=1S/C16H17N5O2S/c1-10(2)14-7-13(23-20-14)8-17-16(22)18-12-5-3-11(4-6-12)15-9-24-21-19-15/h3-7,9-10H,8H2,1-2H3,(H2,17,18,22). The van der Waals surface area contributed by atoms with Crippen LogP contribution in [0.1, 0.15) is 31.2 Å². The molecule has 7 nitrogen and oxygen atoms in total. The summed E-state index contributed by atoms with van der Waals surface area (Å²) in [4.78, 5) is 11.9. The number of carbonyl (C=O) groups is 1. The highest BCUT2D eigenvalue weighted by molar-refractivity contribution is 7.03. The van der Waals surface area contributed by atoms with E-state index in [4.69, 9.17) is 4.52 Å². The summed E-state index contributed by atoms with van der Waals surface area (Å²) < 4.78 is 9.01. The second-order valence-corrected chi connectivity index (χ2v) is 6.16. The van der Waals surface area contributed by atoms with Gasteiger partial charge in [0.05, 0.1) is 12.2 Å². The van der Waals surface area contributed by atoms with Crippen molar-refractivity contribution >= 4 is 23.3 Å². The van der Waals surface area contributed by atoms with Crippen LogP contribution in [0.15, 0.2) is 40.2 Å². The minimum atomic E-state index is -0.305. The normalized spacial score (nSPS) is 10.8. The summed E-state index contributed by atoms with van der Waals surface area (Å²) in [5.41, 5.74) is 3.35. The molecule has 2 aromatic heterocycles. The number of hydrogen-bond donors (Lipinski definition) is 2. The minimum Gasteiger partial charge on any atom is -0.359 e. The number of nitrogens with one attached hydrogen (secondary N) is 2. The number of benzene rings is 1. The molecule has 124 valence electrons. The number of aromatic nitrogens is 3. The van der Waals surface area contributed by atoms with Gasteiger partial charge in [-0.15, -0.1) is 5.10 Å². The number of urea groups is 1. The molecule has 0 fully saturated rings. The molecule has 0 aliphatic heterocycles. The third-order valence-electron chi connectivity index (χ3n) is 3.39. The van der Waals surface area contributed by atoms with Gasteiger partial charge in [0, 0.05) is 22.7 Å². The number of nitrogens with zero attached hydrogens (tertiary/aromatic N) is 3. The van der Waals surface area contributed by atoms with Gasteiger partial charge in [0.25, 0.3) is 0 Å². The molecule has 0 saturated heterocycles. The molecule has 24 heavy (non-hydrogen) atoms. The van der Waals surface area contributed by atoms with Gasteiger partial charge in [-0.25, -0.2) is 4.79 Å². The monoisotopic (exact) mass is 343 g/mol. The predicted molar refractivity (Wildman–Crippen MR) is 91.8 cm³/mol. The zero-order chi connectivity index (χ0) is 16.9. The van der Waals surface area contributed by atoms with Crippen LogP contribution in [0.2, 0.25) is 0 Å². The smallest absolute Gasteiger partial charge is 0.319 e. The maximum Gasteiger partial charge on any atom is 0.319 e. The highest BCUT2D eigenvalue weighted by atomic mass is 32.1. The van der Waals surface area contributed by atoms with E-state index < -0.39 is 0 Å². The Morgan fingerprint density at radius 3 is 2.71 bits per heavy atom. The molecule has 0 aliphatic rings. The molecule has 2 amide bonds. The zero-order valence-corrected chi connectivity index (χ0v) is 14.1. The quantitative estimate of drug-likeness (QED) is 0.738. The predicted octanol–water partition coefficient (Wildman–Crippen LogP) is 3.64. The second-order valence-electron chi connectivity index (χ2n) is 5.55. The van der Waals surface area contributed by atoms with Gasteiger partial charge in [-0.1, -0.05) is 35.6 Å². The van der Waals surface area contributed by atoms with E-state index in [2.05, 4.69) is 25.4 Å². The number of rotatable bonds is 5. The van der Waals surface area contributed by atoms with Gasteiger partial charge >= 0.3 is 6.03 Å². The van der Waals surface area contributed by atoms with E-state index in [1.807, 2.05) is 49.6 Å². The highest BCUT2D eigenvalue weighted by Crippen LogP contribution is 2.20. The van der Waals surface area contributed by atoms with Gasteiger partial charge in [0.1, 0.15) is 5.69 Å². The van der Waals surface area contributed by atoms with E-state index in [0.29, 0.717) is 17.4 Å². The van der Waals surface area contributed by atoms with E-state index in [1.54, 1.807) is 0 Å². The van der Waals surface area contributed by atoms with Crippen molar-refractivity contribution in [3.63, 3.8) is 0 Å². The molecular weight excluding hydrogens is 326 g/mol. The van der Waals surface area contributed by atoms with Crippen LogP contribution < -0.4 is 10.6 Å². The van der Waals surface area contributed by atoms with Crippen LogP contribution in [0.4, 0.5) is 10.5 Å². The number of amides is 2. The van der Waals surface area contributed by atoms with Crippen molar-refractivity contribution in [2.45, 2.75) is 26.3 Å². The summed E-state index contributed by atoms with van der Waals surface area (Å²) in [6.07, 6.45) is 0. The van der Waals surface area contributed by atoms with E-state index in [-0.39, 0.29) is 12.6 Å². The molecule has 0 atom stereocenters. The first-order valence-electron chi connectivity index (χ1n) is 7.49. The minimum absolute atomic E-state index is 0.286. The Bertz CT molecular complexity index is 796. The molecule has 3 aromatic rings. The summed E-state index contributed by atoms with van der Waals surface area (Å²) in [5.74, 6) is 0.919. The lowest BCUT2D eigenvalue weighted by atomic mass is 10.1. The molecule has 2 heterocycles. The molecule has 0 unspecified atom stereocenters. The van der Waals surface area contributed by atoms with Crippen LogP contribution in [-0.2, 0) is 6.54 Å². The summed E-state index contributed by atoms with van der Waals surface area (Å²) in [5, 5.41) is 15.3. The Balaban J connectivity index is 1.52. The number of hydrogen-bond acceptors (Lipinski definition) is 6. The molecule has 0 bridgehead atoms. The topological polar surface area (TPSA) is 92.9 Å². The van der Waals surface area contributed by atoms with Crippen molar-refractivity contribution in [2.75, 3.05) is 5.32 Å². The Kier molecular flexibility index (Phi) is 4.85. The summed E-state index contributed by atoms with van der Waals surface area (Å²) in [7, 11) is 0. The lowest BCUT2D eigenvalue weighted by Gasteiger charge is -2.06. The first-order valence-corrected chi connectivity index (χ1v) is 8.33. The molecule has 0 aliphatic carbocycles. The average Bonchev–Trinajstić information content (AvgIpc) is 3.25. The Hall–Kier alpha value is -2.74. The maximum absolute atomic E-state index is 11.9. The second kappa shape index (κ2) is 7.22. The molecule has 0 saturated carbocycles. The average molecular weight is 343 g/mol. The maximum atomic E-state index is 11.9. The van der Waals surface area contributed by atoms with E-state index in [9.17, 15) is 4.79 Å². The third-order valence-corrected chi connectivity index (χ3v) is 3.90. The zero-order valence-electron chi connectivity index (χ0n) is 13.3. The number of carbonyl (C=O) groups excluding carboxylic acids is 1. The van der Waals surface area contributed by atoms with E-state index >= 15 is 0 Å². The Morgan fingerprint density at radius 2 is 2.08 bits per heavy atom. The highest BCUT2D eigenvalue weighted by Gasteiger charge is 2.09. The third kappa shape index (κ3) is 3.96. The van der Waals surface area contributed by atoms with Gasteiger partial charge < -0.3 is 15.2 Å². The fourth-order valence-corrected chi connectivity index (χ4v) is 2.51. The lowest BCUT2D eigenvalue weighted by Crippen LogP contribution is -2.27. The molecule has 3 rings (SSSR count). The van der Waals surface area contributed by atoms with Crippen molar-refractivity contribution in [2.24, 2.45) is 0 Å². The van der Waals surface area contributed by atoms with Crippen LogP contribution in [0.3, 0.4) is 0 Å². The van der Waals surface area contributed by atoms with Crippen molar-refractivity contribution < 1.29 is 9.32 Å². The summed E-state index contributed by atoms with van der Waals surface area (Å²) >= 11 is 1.30. The van der Waals surface area contributed by atoms with Crippen LogP contribution in [-0.4, -0.2) is 20.8 Å². The van der Waals surface area contributed by atoms with Crippen LogP contribution in [0.25, 0.3) is 11.3 Å². The molecule has 8 heteroatoms. The van der Waals surface area contributed by atoms with Crippen LogP contribution >= 0.6 is 11.5 Å². The molecular formula is C16H17N5O2S. The van der Waals surface area contributed by atoms with Gasteiger partial charge in [-0.05, 0) is 29.6 Å². The first-order chi connectivity index (χ1) is 11.6. The van der Waals surface area contributed by atoms with Gasteiger partial charge in [0.15, 0.2) is 5.76 Å². The van der Waals surface area contributed by atoms with Crippen molar-refractivity contribution in [1.29, 1.82) is 0 Å². The van der Waals surface area contributed by atoms with Gasteiger partial charge in [0.2, 0.25) is 0 Å². The van der Waals surface area contributed by atoms with Crippen LogP contribution in [0, 0.1) is 0 Å². The SMILES string of the molecule is CC(C)c1cc(CNC(=O)Nc2ccc(-c3csnn3)cc2)on1. The molecule has 1 aromatic carbocycles. The largest absolute Gasteiger partial charge is 0.359 e. The Morgan fingerprint density at radius 1 is 1.29 bits per heavy atom.